The van der Waals surface area contributed by atoms with Crippen LogP contribution in [0.4, 0.5) is 11.4 Å². The van der Waals surface area contributed by atoms with Crippen LogP contribution in [0.1, 0.15) is 0 Å². The highest BCUT2D eigenvalue weighted by Gasteiger charge is 2.24. The maximum Gasteiger partial charge on any atom is 0.255 e. The Morgan fingerprint density at radius 3 is 1.54 bits per heavy atom. The number of nitrogens with zero attached hydrogens (tertiary/aromatic N) is 1. The van der Waals surface area contributed by atoms with Crippen LogP contribution in [0, 0.1) is 0 Å². The second kappa shape index (κ2) is 9.47. The van der Waals surface area contributed by atoms with Gasteiger partial charge >= 0.3 is 0 Å². The van der Waals surface area contributed by atoms with E-state index >= 15 is 0 Å². The van der Waals surface area contributed by atoms with Gasteiger partial charge in [0.15, 0.2) is 0 Å². The normalized spacial score (nSPS) is 11.0. The van der Waals surface area contributed by atoms with E-state index in [0.717, 1.165) is 30.0 Å². The molecule has 0 aromatic heterocycles. The van der Waals surface area contributed by atoms with E-state index in [2.05, 4.69) is 95.6 Å². The molecule has 2 N–H and O–H groups in total. The Morgan fingerprint density at radius 2 is 1.15 bits per heavy atom. The zero-order valence-electron chi connectivity index (χ0n) is 12.6. The molecule has 2 amide bonds. The fourth-order valence-corrected chi connectivity index (χ4v) is 4.88. The van der Waals surface area contributed by atoms with Gasteiger partial charge in [-0.25, -0.2) is 0 Å². The molecule has 0 radical (unpaired) electrons. The van der Waals surface area contributed by atoms with E-state index in [1.54, 1.807) is 12.1 Å². The standard InChI is InChI=1S/C16H8Br6N2O2/c17-7-1-3-9(15(21)13(7)19)24(12(26)6-5-11(23)25)10-4-2-8(18)14(20)16(10)22/h1-6H,(H2,23,25)/b6-5+. The lowest BCUT2D eigenvalue weighted by Crippen LogP contribution is -2.25. The maximum atomic E-state index is 12.9. The van der Waals surface area contributed by atoms with E-state index in [0.29, 0.717) is 20.3 Å². The molecule has 136 valence electrons. The Balaban J connectivity index is 2.72. The molecule has 2 rings (SSSR count). The summed E-state index contributed by atoms with van der Waals surface area (Å²) in [7, 11) is 0. The molecule has 0 spiro atoms. The monoisotopic (exact) mass is 734 g/mol. The van der Waals surface area contributed by atoms with Crippen LogP contribution in [0.15, 0.2) is 63.3 Å². The zero-order chi connectivity index (χ0) is 19.6. The van der Waals surface area contributed by atoms with Crippen LogP contribution in [0.25, 0.3) is 0 Å². The van der Waals surface area contributed by atoms with Crippen molar-refractivity contribution in [2.45, 2.75) is 0 Å². The van der Waals surface area contributed by atoms with Crippen molar-refractivity contribution < 1.29 is 9.59 Å². The second-order valence-electron chi connectivity index (χ2n) is 4.80. The Bertz CT molecular complexity index is 872. The zero-order valence-corrected chi connectivity index (χ0v) is 22.1. The van der Waals surface area contributed by atoms with E-state index < -0.39 is 11.8 Å². The summed E-state index contributed by atoms with van der Waals surface area (Å²) in [5, 5.41) is 0. The molecule has 0 unspecified atom stereocenters. The van der Waals surface area contributed by atoms with Crippen LogP contribution in [0.5, 0.6) is 0 Å². The van der Waals surface area contributed by atoms with E-state index in [9.17, 15) is 9.59 Å². The third kappa shape index (κ3) is 4.88. The van der Waals surface area contributed by atoms with Gasteiger partial charge in [0.1, 0.15) is 0 Å². The Hall–Kier alpha value is 0.000000000000000222. The lowest BCUT2D eigenvalue weighted by Gasteiger charge is -2.25. The lowest BCUT2D eigenvalue weighted by atomic mass is 10.2. The molecule has 0 heterocycles. The van der Waals surface area contributed by atoms with E-state index in [4.69, 9.17) is 5.73 Å². The highest BCUT2D eigenvalue weighted by molar-refractivity contribution is 9.15. The minimum Gasteiger partial charge on any atom is -0.366 e. The average Bonchev–Trinajstić information content (AvgIpc) is 2.59. The molecule has 0 aliphatic heterocycles. The molecule has 0 fully saturated rings. The lowest BCUT2D eigenvalue weighted by molar-refractivity contribution is -0.115. The summed E-state index contributed by atoms with van der Waals surface area (Å²) in [6.07, 6.45) is 2.16. The van der Waals surface area contributed by atoms with Gasteiger partial charge < -0.3 is 5.73 Å². The highest BCUT2D eigenvalue weighted by atomic mass is 79.9. The van der Waals surface area contributed by atoms with Crippen LogP contribution < -0.4 is 10.6 Å². The minimum atomic E-state index is -0.703. The summed E-state index contributed by atoms with van der Waals surface area (Å²) < 4.78 is 4.48. The molecule has 2 aromatic rings. The number of primary amides is 1. The first-order valence-electron chi connectivity index (χ1n) is 6.73. The number of amides is 2. The quantitative estimate of drug-likeness (QED) is 0.272. The van der Waals surface area contributed by atoms with Crippen molar-refractivity contribution in [1.29, 1.82) is 0 Å². The first kappa shape index (κ1) is 22.3. The molecular formula is C16H8Br6N2O2. The van der Waals surface area contributed by atoms with Gasteiger partial charge in [0.2, 0.25) is 5.91 Å². The Morgan fingerprint density at radius 1 is 0.731 bits per heavy atom. The van der Waals surface area contributed by atoms with Crippen molar-refractivity contribution in [2.75, 3.05) is 4.90 Å². The van der Waals surface area contributed by atoms with Gasteiger partial charge in [-0.15, -0.1) is 0 Å². The molecule has 26 heavy (non-hydrogen) atoms. The maximum absolute atomic E-state index is 12.9. The number of nitrogens with two attached hydrogens (primary N) is 1. The summed E-state index contributed by atoms with van der Waals surface area (Å²) in [5.74, 6) is -1.14. The first-order chi connectivity index (χ1) is 12.1. The van der Waals surface area contributed by atoms with E-state index in [1.165, 1.54) is 4.90 Å². The van der Waals surface area contributed by atoms with Crippen LogP contribution in [0.3, 0.4) is 0 Å². The number of halogens is 6. The molecule has 4 nitrogen and oxygen atoms in total. The number of carbonyl (C=O) groups is 2. The minimum absolute atomic E-state index is 0.436. The molecule has 0 saturated heterocycles. The number of benzene rings is 2. The topological polar surface area (TPSA) is 63.4 Å². The van der Waals surface area contributed by atoms with Crippen molar-refractivity contribution in [3.63, 3.8) is 0 Å². The van der Waals surface area contributed by atoms with Gasteiger partial charge in [0, 0.05) is 30.0 Å². The smallest absolute Gasteiger partial charge is 0.255 e. The van der Waals surface area contributed by atoms with Gasteiger partial charge in [-0.2, -0.15) is 0 Å². The van der Waals surface area contributed by atoms with Crippen molar-refractivity contribution >= 4 is 119 Å². The van der Waals surface area contributed by atoms with Gasteiger partial charge in [0.05, 0.1) is 20.3 Å². The summed E-state index contributed by atoms with van der Waals surface area (Å²) in [6.45, 7) is 0. The van der Waals surface area contributed by atoms with Gasteiger partial charge in [-0.05, 0) is 120 Å². The fourth-order valence-electron chi connectivity index (χ4n) is 1.97. The molecule has 0 aliphatic rings. The largest absolute Gasteiger partial charge is 0.366 e. The Labute approximate surface area is 200 Å². The van der Waals surface area contributed by atoms with Crippen LogP contribution in [-0.2, 0) is 9.59 Å². The summed E-state index contributed by atoms with van der Waals surface area (Å²) >= 11 is 20.8. The van der Waals surface area contributed by atoms with Gasteiger partial charge in [0.25, 0.3) is 5.91 Å². The van der Waals surface area contributed by atoms with Crippen molar-refractivity contribution in [3.8, 4) is 0 Å². The number of hydrogen-bond donors (Lipinski definition) is 1. The van der Waals surface area contributed by atoms with Crippen molar-refractivity contribution in [2.24, 2.45) is 5.73 Å². The second-order valence-corrected chi connectivity index (χ2v) is 9.68. The number of carbonyl (C=O) groups excluding carboxylic acids is 2. The van der Waals surface area contributed by atoms with Crippen LogP contribution >= 0.6 is 95.6 Å². The predicted molar refractivity (Wildman–Crippen MR) is 125 cm³/mol. The van der Waals surface area contributed by atoms with E-state index in [1.807, 2.05) is 12.1 Å². The summed E-state index contributed by atoms with van der Waals surface area (Å²) in [6, 6.07) is 7.17. The summed E-state index contributed by atoms with van der Waals surface area (Å²) in [4.78, 5) is 25.4. The van der Waals surface area contributed by atoms with E-state index in [-0.39, 0.29) is 0 Å². The number of hydrogen-bond acceptors (Lipinski definition) is 2. The molecule has 0 bridgehead atoms. The van der Waals surface area contributed by atoms with Crippen molar-refractivity contribution in [1.82, 2.24) is 0 Å². The highest BCUT2D eigenvalue weighted by Crippen LogP contribution is 2.45. The Kier molecular flexibility index (Phi) is 8.12. The SMILES string of the molecule is NC(=O)/C=C/C(=O)N(c1ccc(Br)c(Br)c1Br)c1ccc(Br)c(Br)c1Br. The van der Waals surface area contributed by atoms with Gasteiger partial charge in [-0.3, -0.25) is 14.5 Å². The summed E-state index contributed by atoms with van der Waals surface area (Å²) in [5.41, 5.74) is 6.28. The van der Waals surface area contributed by atoms with Crippen LogP contribution in [0.2, 0.25) is 0 Å². The number of anilines is 2. The van der Waals surface area contributed by atoms with Crippen LogP contribution in [-0.4, -0.2) is 11.8 Å². The molecule has 0 saturated carbocycles. The molecule has 10 heteroatoms. The molecule has 0 atom stereocenters. The first-order valence-corrected chi connectivity index (χ1v) is 11.5. The number of rotatable bonds is 4. The predicted octanol–water partition coefficient (Wildman–Crippen LogP) is 6.97. The molecular weight excluding hydrogens is 732 g/mol. The molecule has 0 aliphatic carbocycles. The fraction of sp³-hybridized carbons (Fsp3) is 0. The average molecular weight is 740 g/mol. The van der Waals surface area contributed by atoms with Gasteiger partial charge in [-0.1, -0.05) is 0 Å². The third-order valence-electron chi connectivity index (χ3n) is 3.12. The van der Waals surface area contributed by atoms with Crippen molar-refractivity contribution in [3.05, 3.63) is 63.3 Å². The molecule has 2 aromatic carbocycles. The third-order valence-corrected chi connectivity index (χ3v) is 9.82.